The van der Waals surface area contributed by atoms with Crippen molar-refractivity contribution in [1.82, 2.24) is 9.78 Å². The molecular formula is C17H18N2O2. The van der Waals surface area contributed by atoms with Gasteiger partial charge >= 0.3 is 0 Å². The lowest BCUT2D eigenvalue weighted by molar-refractivity contribution is 0.178. The smallest absolute Gasteiger partial charge is 0.119 e. The summed E-state index contributed by atoms with van der Waals surface area (Å²) in [5.74, 6) is 0.839. The van der Waals surface area contributed by atoms with E-state index in [-0.39, 0.29) is 0 Å². The van der Waals surface area contributed by atoms with Crippen LogP contribution in [0.25, 0.3) is 10.8 Å². The molecule has 0 aliphatic heterocycles. The van der Waals surface area contributed by atoms with E-state index in [1.54, 1.807) is 18.0 Å². The SMILES string of the molecule is COc1ccc2cc(C(O)Cc3cnn(C)c3)ccc2c1. The van der Waals surface area contributed by atoms with Crippen molar-refractivity contribution in [3.63, 3.8) is 0 Å². The Hall–Kier alpha value is -2.33. The summed E-state index contributed by atoms with van der Waals surface area (Å²) in [5, 5.41) is 16.7. The molecule has 0 spiro atoms. The molecule has 1 aromatic heterocycles. The van der Waals surface area contributed by atoms with Crippen LogP contribution in [0.3, 0.4) is 0 Å². The first kappa shape index (κ1) is 13.6. The van der Waals surface area contributed by atoms with Gasteiger partial charge in [0.15, 0.2) is 0 Å². The van der Waals surface area contributed by atoms with Crippen LogP contribution < -0.4 is 4.74 Å². The van der Waals surface area contributed by atoms with Crippen molar-refractivity contribution >= 4 is 10.8 Å². The zero-order valence-electron chi connectivity index (χ0n) is 12.2. The maximum atomic E-state index is 10.4. The van der Waals surface area contributed by atoms with Gasteiger partial charge < -0.3 is 9.84 Å². The van der Waals surface area contributed by atoms with Crippen molar-refractivity contribution < 1.29 is 9.84 Å². The lowest BCUT2D eigenvalue weighted by Gasteiger charge is -2.11. The van der Waals surface area contributed by atoms with Crippen LogP contribution in [0, 0.1) is 0 Å². The van der Waals surface area contributed by atoms with Crippen LogP contribution in [0.2, 0.25) is 0 Å². The van der Waals surface area contributed by atoms with Gasteiger partial charge in [0.05, 0.1) is 19.4 Å². The normalized spacial score (nSPS) is 12.5. The molecule has 0 saturated heterocycles. The van der Waals surface area contributed by atoms with E-state index in [1.807, 2.05) is 49.6 Å². The van der Waals surface area contributed by atoms with Crippen LogP contribution in [0.15, 0.2) is 48.8 Å². The van der Waals surface area contributed by atoms with Crippen LogP contribution in [0.4, 0.5) is 0 Å². The minimum absolute atomic E-state index is 0.527. The summed E-state index contributed by atoms with van der Waals surface area (Å²) in [6, 6.07) is 11.9. The van der Waals surface area contributed by atoms with Gasteiger partial charge in [-0.25, -0.2) is 0 Å². The standard InChI is InChI=1S/C17H18N2O2/c1-19-11-12(10-18-19)7-17(20)15-4-3-14-9-16(21-2)6-5-13(14)8-15/h3-6,8-11,17,20H,7H2,1-2H3. The molecule has 1 heterocycles. The number of hydrogen-bond donors (Lipinski definition) is 1. The number of ether oxygens (including phenoxy) is 1. The molecule has 1 atom stereocenters. The van der Waals surface area contributed by atoms with Crippen molar-refractivity contribution in [2.45, 2.75) is 12.5 Å². The quantitative estimate of drug-likeness (QED) is 0.800. The summed E-state index contributed by atoms with van der Waals surface area (Å²) >= 11 is 0. The number of aliphatic hydroxyl groups excluding tert-OH is 1. The fourth-order valence-corrected chi connectivity index (χ4v) is 2.49. The van der Waals surface area contributed by atoms with Gasteiger partial charge in [-0.15, -0.1) is 0 Å². The maximum Gasteiger partial charge on any atom is 0.119 e. The molecule has 0 radical (unpaired) electrons. The van der Waals surface area contributed by atoms with E-state index in [9.17, 15) is 5.11 Å². The van der Waals surface area contributed by atoms with E-state index in [2.05, 4.69) is 5.10 Å². The Bertz CT molecular complexity index is 764. The predicted octanol–water partition coefficient (Wildman–Crippen LogP) is 2.86. The van der Waals surface area contributed by atoms with Gasteiger partial charge in [0.1, 0.15) is 5.75 Å². The Morgan fingerprint density at radius 1 is 1.19 bits per heavy atom. The number of aliphatic hydroxyl groups is 1. The number of benzene rings is 2. The fraction of sp³-hybridized carbons (Fsp3) is 0.235. The van der Waals surface area contributed by atoms with Gasteiger partial charge in [-0.05, 0) is 40.1 Å². The monoisotopic (exact) mass is 282 g/mol. The third-order valence-electron chi connectivity index (χ3n) is 3.64. The molecule has 0 saturated carbocycles. The predicted molar refractivity (Wildman–Crippen MR) is 82.4 cm³/mol. The lowest BCUT2D eigenvalue weighted by Crippen LogP contribution is -2.01. The number of aromatic nitrogens is 2. The highest BCUT2D eigenvalue weighted by Crippen LogP contribution is 2.25. The van der Waals surface area contributed by atoms with Gasteiger partial charge in [0.2, 0.25) is 0 Å². The first-order valence-electron chi connectivity index (χ1n) is 6.89. The van der Waals surface area contributed by atoms with Crippen molar-refractivity contribution in [1.29, 1.82) is 0 Å². The van der Waals surface area contributed by atoms with Crippen LogP contribution in [0.1, 0.15) is 17.2 Å². The highest BCUT2D eigenvalue weighted by molar-refractivity contribution is 5.84. The Morgan fingerprint density at radius 3 is 2.67 bits per heavy atom. The maximum absolute atomic E-state index is 10.4. The first-order valence-corrected chi connectivity index (χ1v) is 6.89. The van der Waals surface area contributed by atoms with Crippen LogP contribution in [-0.4, -0.2) is 22.0 Å². The molecule has 4 heteroatoms. The molecule has 3 aromatic rings. The molecule has 0 aliphatic rings. The molecule has 21 heavy (non-hydrogen) atoms. The van der Waals surface area contributed by atoms with Crippen molar-refractivity contribution in [2.75, 3.05) is 7.11 Å². The Labute approximate surface area is 123 Å². The van der Waals surface area contributed by atoms with E-state index < -0.39 is 6.10 Å². The second-order valence-electron chi connectivity index (χ2n) is 5.21. The van der Waals surface area contributed by atoms with Gasteiger partial charge in [0, 0.05) is 19.7 Å². The van der Waals surface area contributed by atoms with Crippen LogP contribution in [-0.2, 0) is 13.5 Å². The molecule has 108 valence electrons. The highest BCUT2D eigenvalue weighted by atomic mass is 16.5. The minimum Gasteiger partial charge on any atom is -0.497 e. The molecule has 2 aromatic carbocycles. The number of methoxy groups -OCH3 is 1. The van der Waals surface area contributed by atoms with E-state index >= 15 is 0 Å². The molecule has 1 N–H and O–H groups in total. The van der Waals surface area contributed by atoms with E-state index in [4.69, 9.17) is 4.74 Å². The first-order chi connectivity index (χ1) is 10.2. The second-order valence-corrected chi connectivity index (χ2v) is 5.21. The fourth-order valence-electron chi connectivity index (χ4n) is 2.49. The van der Waals surface area contributed by atoms with Gasteiger partial charge in [-0.2, -0.15) is 5.10 Å². The number of nitrogens with zero attached hydrogens (tertiary/aromatic N) is 2. The van der Waals surface area contributed by atoms with Gasteiger partial charge in [-0.3, -0.25) is 4.68 Å². The van der Waals surface area contributed by atoms with Crippen molar-refractivity contribution in [3.8, 4) is 5.75 Å². The number of rotatable bonds is 4. The summed E-state index contributed by atoms with van der Waals surface area (Å²) in [5.41, 5.74) is 1.94. The summed E-state index contributed by atoms with van der Waals surface area (Å²) < 4.78 is 6.97. The second kappa shape index (κ2) is 5.58. The average Bonchev–Trinajstić information content (AvgIpc) is 2.91. The molecule has 0 bridgehead atoms. The zero-order chi connectivity index (χ0) is 14.8. The van der Waals surface area contributed by atoms with Crippen LogP contribution in [0.5, 0.6) is 5.75 Å². The molecule has 1 unspecified atom stereocenters. The Kier molecular flexibility index (Phi) is 3.62. The summed E-state index contributed by atoms with van der Waals surface area (Å²) in [4.78, 5) is 0. The largest absolute Gasteiger partial charge is 0.497 e. The topological polar surface area (TPSA) is 47.3 Å². The molecule has 0 fully saturated rings. The van der Waals surface area contributed by atoms with E-state index in [0.29, 0.717) is 6.42 Å². The summed E-state index contributed by atoms with van der Waals surface area (Å²) in [6.07, 6.45) is 3.75. The third-order valence-corrected chi connectivity index (χ3v) is 3.64. The van der Waals surface area contributed by atoms with Crippen molar-refractivity contribution in [2.24, 2.45) is 7.05 Å². The zero-order valence-corrected chi connectivity index (χ0v) is 12.2. The third kappa shape index (κ3) is 2.90. The minimum atomic E-state index is -0.527. The van der Waals surface area contributed by atoms with Gasteiger partial charge in [-0.1, -0.05) is 18.2 Å². The summed E-state index contributed by atoms with van der Waals surface area (Å²) in [6.45, 7) is 0. The van der Waals surface area contributed by atoms with E-state index in [1.165, 1.54) is 0 Å². The molecule has 3 rings (SSSR count). The number of aryl methyl sites for hydroxylation is 1. The Balaban J connectivity index is 1.86. The Morgan fingerprint density at radius 2 is 1.95 bits per heavy atom. The number of hydrogen-bond acceptors (Lipinski definition) is 3. The molecule has 0 aliphatic carbocycles. The average molecular weight is 282 g/mol. The number of fused-ring (bicyclic) bond motifs is 1. The van der Waals surface area contributed by atoms with Crippen molar-refractivity contribution in [3.05, 3.63) is 59.9 Å². The lowest BCUT2D eigenvalue weighted by atomic mass is 10.00. The van der Waals surface area contributed by atoms with Gasteiger partial charge in [0.25, 0.3) is 0 Å². The molecule has 0 amide bonds. The molecular weight excluding hydrogens is 264 g/mol. The van der Waals surface area contributed by atoms with E-state index in [0.717, 1.165) is 27.6 Å². The van der Waals surface area contributed by atoms with Crippen LogP contribution >= 0.6 is 0 Å². The molecule has 4 nitrogen and oxygen atoms in total. The highest BCUT2D eigenvalue weighted by Gasteiger charge is 2.10. The summed E-state index contributed by atoms with van der Waals surface area (Å²) in [7, 11) is 3.53.